The van der Waals surface area contributed by atoms with Gasteiger partial charge in [-0.2, -0.15) is 0 Å². The van der Waals surface area contributed by atoms with Crippen molar-refractivity contribution in [1.82, 2.24) is 0 Å². The molecule has 84 valence electrons. The summed E-state index contributed by atoms with van der Waals surface area (Å²) in [7, 11) is 0. The lowest BCUT2D eigenvalue weighted by molar-refractivity contribution is -0.155. The zero-order chi connectivity index (χ0) is 11.6. The van der Waals surface area contributed by atoms with Crippen molar-refractivity contribution in [2.45, 2.75) is 39.6 Å². The second-order valence-corrected chi connectivity index (χ2v) is 4.21. The summed E-state index contributed by atoms with van der Waals surface area (Å²) in [6.45, 7) is 6.74. The Labute approximate surface area is 88.0 Å². The van der Waals surface area contributed by atoms with Gasteiger partial charge >= 0.3 is 12.1 Å². The van der Waals surface area contributed by atoms with Crippen molar-refractivity contribution in [2.75, 3.05) is 0 Å². The number of rotatable bonds is 1. The molecular formula is C10H14O5. The molecule has 5 heteroatoms. The Hall–Kier alpha value is -1.52. The molecule has 0 bridgehead atoms. The molecular weight excluding hydrogens is 200 g/mol. The highest BCUT2D eigenvalue weighted by Crippen LogP contribution is 2.16. The molecule has 0 saturated heterocycles. The minimum atomic E-state index is -0.965. The van der Waals surface area contributed by atoms with Crippen LogP contribution < -0.4 is 0 Å². The van der Waals surface area contributed by atoms with Crippen molar-refractivity contribution in [3.8, 4) is 0 Å². The van der Waals surface area contributed by atoms with Gasteiger partial charge in [0, 0.05) is 11.6 Å². The standard InChI is InChI=1S/C10H14O5/c1-6-5-7(13-8(6)11)14-9(12)15-10(2,3)4/h5,7H,1-4H3. The van der Waals surface area contributed by atoms with E-state index in [1.807, 2.05) is 0 Å². The third kappa shape index (κ3) is 3.61. The number of esters is 1. The zero-order valence-electron chi connectivity index (χ0n) is 9.20. The van der Waals surface area contributed by atoms with Gasteiger partial charge in [0.2, 0.25) is 0 Å². The molecule has 0 spiro atoms. The Morgan fingerprint density at radius 1 is 1.47 bits per heavy atom. The van der Waals surface area contributed by atoms with Crippen LogP contribution in [0.3, 0.4) is 0 Å². The molecule has 15 heavy (non-hydrogen) atoms. The zero-order valence-corrected chi connectivity index (χ0v) is 9.20. The lowest BCUT2D eigenvalue weighted by Gasteiger charge is -2.19. The number of hydrogen-bond donors (Lipinski definition) is 0. The van der Waals surface area contributed by atoms with Gasteiger partial charge in [0.15, 0.2) is 0 Å². The van der Waals surface area contributed by atoms with Gasteiger partial charge < -0.3 is 14.2 Å². The van der Waals surface area contributed by atoms with Crippen molar-refractivity contribution >= 4 is 12.1 Å². The van der Waals surface area contributed by atoms with E-state index >= 15 is 0 Å². The first kappa shape index (κ1) is 11.6. The molecule has 1 heterocycles. The first-order chi connectivity index (χ1) is 6.78. The van der Waals surface area contributed by atoms with E-state index in [2.05, 4.69) is 0 Å². The molecule has 0 aromatic heterocycles. The van der Waals surface area contributed by atoms with Crippen LogP contribution in [-0.2, 0) is 19.0 Å². The van der Waals surface area contributed by atoms with Crippen LogP contribution in [0.4, 0.5) is 4.79 Å². The van der Waals surface area contributed by atoms with Crippen LogP contribution in [0.2, 0.25) is 0 Å². The lowest BCUT2D eigenvalue weighted by atomic mass is 10.2. The van der Waals surface area contributed by atoms with Gasteiger partial charge in [0.25, 0.3) is 6.29 Å². The third-order valence-electron chi connectivity index (χ3n) is 1.53. The maximum absolute atomic E-state index is 11.2. The van der Waals surface area contributed by atoms with Gasteiger partial charge in [0.1, 0.15) is 5.60 Å². The minimum absolute atomic E-state index is 0.420. The summed E-state index contributed by atoms with van der Waals surface area (Å²) in [5, 5.41) is 0. The van der Waals surface area contributed by atoms with Crippen molar-refractivity contribution in [3.05, 3.63) is 11.6 Å². The summed E-state index contributed by atoms with van der Waals surface area (Å²) < 4.78 is 14.3. The average Bonchev–Trinajstić information content (AvgIpc) is 2.26. The quantitative estimate of drug-likeness (QED) is 0.622. The fraction of sp³-hybridized carbons (Fsp3) is 0.600. The predicted molar refractivity (Wildman–Crippen MR) is 51.0 cm³/mol. The first-order valence-corrected chi connectivity index (χ1v) is 4.57. The molecule has 1 aliphatic heterocycles. The molecule has 0 fully saturated rings. The molecule has 0 radical (unpaired) electrons. The van der Waals surface area contributed by atoms with E-state index in [1.54, 1.807) is 27.7 Å². The van der Waals surface area contributed by atoms with E-state index in [-0.39, 0.29) is 0 Å². The second kappa shape index (κ2) is 3.92. The predicted octanol–water partition coefficient (Wildman–Crippen LogP) is 1.77. The number of hydrogen-bond acceptors (Lipinski definition) is 5. The molecule has 0 amide bonds. The fourth-order valence-corrected chi connectivity index (χ4v) is 0.932. The van der Waals surface area contributed by atoms with E-state index in [4.69, 9.17) is 14.2 Å². The average molecular weight is 214 g/mol. The van der Waals surface area contributed by atoms with E-state index in [0.717, 1.165) is 0 Å². The van der Waals surface area contributed by atoms with Crippen molar-refractivity contribution in [1.29, 1.82) is 0 Å². The maximum Gasteiger partial charge on any atom is 0.512 e. The number of ether oxygens (including phenoxy) is 3. The van der Waals surface area contributed by atoms with Gasteiger partial charge in [-0.1, -0.05) is 0 Å². The smallest absolute Gasteiger partial charge is 0.428 e. The van der Waals surface area contributed by atoms with Crippen LogP contribution in [0.1, 0.15) is 27.7 Å². The summed E-state index contributed by atoms with van der Waals surface area (Å²) in [6, 6.07) is 0. The SMILES string of the molecule is CC1=CC(OC(=O)OC(C)(C)C)OC1=O. The monoisotopic (exact) mass is 214 g/mol. The highest BCUT2D eigenvalue weighted by Gasteiger charge is 2.27. The topological polar surface area (TPSA) is 61.8 Å². The molecule has 1 unspecified atom stereocenters. The Bertz CT molecular complexity index is 310. The Kier molecular flexibility index (Phi) is 3.02. The molecule has 5 nitrogen and oxygen atoms in total. The minimum Gasteiger partial charge on any atom is -0.428 e. The molecule has 0 aliphatic carbocycles. The van der Waals surface area contributed by atoms with Gasteiger partial charge in [-0.15, -0.1) is 0 Å². The number of carbonyl (C=O) groups is 2. The van der Waals surface area contributed by atoms with Crippen molar-refractivity contribution < 1.29 is 23.8 Å². The summed E-state index contributed by atoms with van der Waals surface area (Å²) in [4.78, 5) is 22.1. The third-order valence-corrected chi connectivity index (χ3v) is 1.53. The number of cyclic esters (lactones) is 1. The molecule has 0 aromatic rings. The highest BCUT2D eigenvalue weighted by molar-refractivity contribution is 5.90. The maximum atomic E-state index is 11.2. The van der Waals surface area contributed by atoms with E-state index in [9.17, 15) is 9.59 Å². The van der Waals surface area contributed by atoms with Crippen LogP contribution in [0.15, 0.2) is 11.6 Å². The Balaban J connectivity index is 2.44. The molecule has 0 aromatic carbocycles. The van der Waals surface area contributed by atoms with Gasteiger partial charge in [-0.3, -0.25) is 0 Å². The van der Waals surface area contributed by atoms with Crippen molar-refractivity contribution in [3.63, 3.8) is 0 Å². The van der Waals surface area contributed by atoms with Gasteiger partial charge in [0.05, 0.1) is 0 Å². The van der Waals surface area contributed by atoms with Crippen molar-refractivity contribution in [2.24, 2.45) is 0 Å². The second-order valence-electron chi connectivity index (χ2n) is 4.21. The molecule has 1 aliphatic rings. The Morgan fingerprint density at radius 2 is 2.07 bits per heavy atom. The highest BCUT2D eigenvalue weighted by atomic mass is 16.8. The Morgan fingerprint density at radius 3 is 2.47 bits per heavy atom. The molecule has 1 atom stereocenters. The molecule has 1 rings (SSSR count). The first-order valence-electron chi connectivity index (χ1n) is 4.57. The van der Waals surface area contributed by atoms with Crippen LogP contribution in [-0.4, -0.2) is 24.0 Å². The van der Waals surface area contributed by atoms with Gasteiger partial charge in [-0.05, 0) is 27.7 Å². The van der Waals surface area contributed by atoms with Crippen LogP contribution >= 0.6 is 0 Å². The van der Waals surface area contributed by atoms with E-state index in [1.165, 1.54) is 6.08 Å². The van der Waals surface area contributed by atoms with E-state index < -0.39 is 24.0 Å². The number of carbonyl (C=O) groups excluding carboxylic acids is 2. The van der Waals surface area contributed by atoms with Crippen LogP contribution in [0, 0.1) is 0 Å². The summed E-state index contributed by atoms with van der Waals surface area (Å²) in [5.41, 5.74) is -0.207. The van der Waals surface area contributed by atoms with Crippen LogP contribution in [0.5, 0.6) is 0 Å². The summed E-state index contributed by atoms with van der Waals surface area (Å²) >= 11 is 0. The lowest BCUT2D eigenvalue weighted by Crippen LogP contribution is -2.27. The van der Waals surface area contributed by atoms with Gasteiger partial charge in [-0.25, -0.2) is 9.59 Å². The molecule has 0 N–H and O–H groups in total. The van der Waals surface area contributed by atoms with E-state index in [0.29, 0.717) is 5.57 Å². The normalized spacial score (nSPS) is 20.7. The fourth-order valence-electron chi connectivity index (χ4n) is 0.932. The molecule has 0 saturated carbocycles. The summed E-state index contributed by atoms with van der Waals surface area (Å²) in [6.07, 6.45) is -0.398. The largest absolute Gasteiger partial charge is 0.512 e. The van der Waals surface area contributed by atoms with Crippen LogP contribution in [0.25, 0.3) is 0 Å². The summed E-state index contributed by atoms with van der Waals surface area (Å²) in [5.74, 6) is -0.483.